The van der Waals surface area contributed by atoms with Crippen molar-refractivity contribution >= 4 is 17.6 Å². The van der Waals surface area contributed by atoms with Crippen LogP contribution in [0.25, 0.3) is 0 Å². The SMILES string of the molecule is O=C(Nc1ccc(O)cc1C(=O)O)c1ccncc1. The molecule has 1 heterocycles. The Morgan fingerprint density at radius 1 is 1.11 bits per heavy atom. The van der Waals surface area contributed by atoms with Gasteiger partial charge in [0.1, 0.15) is 5.75 Å². The Bertz CT molecular complexity index is 626. The fraction of sp³-hybridized carbons (Fsp3) is 0. The first-order valence-electron chi connectivity index (χ1n) is 5.35. The van der Waals surface area contributed by atoms with Gasteiger partial charge in [0.15, 0.2) is 0 Å². The van der Waals surface area contributed by atoms with Gasteiger partial charge in [-0.3, -0.25) is 9.78 Å². The summed E-state index contributed by atoms with van der Waals surface area (Å²) in [5, 5.41) is 20.7. The molecule has 0 aliphatic heterocycles. The molecule has 2 aromatic rings. The van der Waals surface area contributed by atoms with E-state index in [0.717, 1.165) is 6.07 Å². The lowest BCUT2D eigenvalue weighted by Crippen LogP contribution is -2.14. The van der Waals surface area contributed by atoms with Gasteiger partial charge in [-0.15, -0.1) is 0 Å². The number of hydrogen-bond donors (Lipinski definition) is 3. The second kappa shape index (κ2) is 5.18. The highest BCUT2D eigenvalue weighted by Gasteiger charge is 2.14. The van der Waals surface area contributed by atoms with Crippen molar-refractivity contribution in [1.29, 1.82) is 0 Å². The number of aromatic carboxylic acids is 1. The molecule has 0 aliphatic rings. The number of nitrogens with one attached hydrogen (secondary N) is 1. The van der Waals surface area contributed by atoms with Crippen LogP contribution >= 0.6 is 0 Å². The van der Waals surface area contributed by atoms with E-state index in [-0.39, 0.29) is 17.0 Å². The average molecular weight is 258 g/mol. The number of benzene rings is 1. The first-order chi connectivity index (χ1) is 9.08. The number of carbonyl (C=O) groups excluding carboxylic acids is 1. The van der Waals surface area contributed by atoms with E-state index >= 15 is 0 Å². The molecule has 6 nitrogen and oxygen atoms in total. The number of phenols is 1. The monoisotopic (exact) mass is 258 g/mol. The number of aromatic hydroxyl groups is 1. The van der Waals surface area contributed by atoms with Crippen LogP contribution in [0.15, 0.2) is 42.7 Å². The molecule has 0 atom stereocenters. The topological polar surface area (TPSA) is 99.5 Å². The van der Waals surface area contributed by atoms with E-state index in [1.54, 1.807) is 0 Å². The molecular formula is C13H10N2O4. The summed E-state index contributed by atoms with van der Waals surface area (Å²) in [4.78, 5) is 26.7. The summed E-state index contributed by atoms with van der Waals surface area (Å²) in [6.07, 6.45) is 2.92. The second-order valence-electron chi connectivity index (χ2n) is 3.73. The third-order valence-corrected chi connectivity index (χ3v) is 2.42. The third-order valence-electron chi connectivity index (χ3n) is 2.42. The number of nitrogens with zero attached hydrogens (tertiary/aromatic N) is 1. The molecule has 19 heavy (non-hydrogen) atoms. The minimum atomic E-state index is -1.24. The van der Waals surface area contributed by atoms with Gasteiger partial charge in [-0.2, -0.15) is 0 Å². The molecule has 1 amide bonds. The Hall–Kier alpha value is -2.89. The fourth-order valence-corrected chi connectivity index (χ4v) is 1.52. The van der Waals surface area contributed by atoms with E-state index in [1.807, 2.05) is 0 Å². The molecule has 0 aliphatic carbocycles. The van der Waals surface area contributed by atoms with Gasteiger partial charge < -0.3 is 15.5 Å². The summed E-state index contributed by atoms with van der Waals surface area (Å²) in [6.45, 7) is 0. The van der Waals surface area contributed by atoms with Crippen molar-refractivity contribution in [3.05, 3.63) is 53.9 Å². The number of rotatable bonds is 3. The molecule has 0 spiro atoms. The predicted molar refractivity (Wildman–Crippen MR) is 67.3 cm³/mol. The minimum absolute atomic E-state index is 0.118. The first-order valence-corrected chi connectivity index (χ1v) is 5.35. The van der Waals surface area contributed by atoms with Crippen molar-refractivity contribution in [2.45, 2.75) is 0 Å². The summed E-state index contributed by atoms with van der Waals surface area (Å²) >= 11 is 0. The van der Waals surface area contributed by atoms with Gasteiger partial charge in [0.05, 0.1) is 11.3 Å². The van der Waals surface area contributed by atoms with E-state index in [4.69, 9.17) is 5.11 Å². The quantitative estimate of drug-likeness (QED) is 0.728. The van der Waals surface area contributed by atoms with Crippen LogP contribution in [0.4, 0.5) is 5.69 Å². The molecule has 0 bridgehead atoms. The normalized spacial score (nSPS) is 9.89. The van der Waals surface area contributed by atoms with Gasteiger partial charge in [0.25, 0.3) is 5.91 Å². The number of carbonyl (C=O) groups is 2. The zero-order chi connectivity index (χ0) is 13.8. The van der Waals surface area contributed by atoms with Crippen molar-refractivity contribution in [2.24, 2.45) is 0 Å². The van der Waals surface area contributed by atoms with Gasteiger partial charge in [0.2, 0.25) is 0 Å². The number of amides is 1. The van der Waals surface area contributed by atoms with E-state index in [2.05, 4.69) is 10.3 Å². The number of phenolic OH excluding ortho intramolecular Hbond substituents is 1. The highest BCUT2D eigenvalue weighted by Crippen LogP contribution is 2.21. The number of anilines is 1. The summed E-state index contributed by atoms with van der Waals surface area (Å²) in [6, 6.07) is 6.73. The molecule has 2 rings (SSSR count). The van der Waals surface area contributed by atoms with Crippen LogP contribution in [0.5, 0.6) is 5.75 Å². The Morgan fingerprint density at radius 3 is 2.42 bits per heavy atom. The minimum Gasteiger partial charge on any atom is -0.508 e. The third kappa shape index (κ3) is 2.86. The Balaban J connectivity index is 2.29. The summed E-state index contributed by atoms with van der Waals surface area (Å²) in [5.41, 5.74) is 0.300. The van der Waals surface area contributed by atoms with Crippen molar-refractivity contribution < 1.29 is 19.8 Å². The molecular weight excluding hydrogens is 248 g/mol. The van der Waals surface area contributed by atoms with E-state index in [9.17, 15) is 14.7 Å². The van der Waals surface area contributed by atoms with Crippen LogP contribution in [0.3, 0.4) is 0 Å². The van der Waals surface area contributed by atoms with E-state index < -0.39 is 11.9 Å². The maximum Gasteiger partial charge on any atom is 0.337 e. The lowest BCUT2D eigenvalue weighted by atomic mass is 10.1. The Kier molecular flexibility index (Phi) is 3.42. The molecule has 0 fully saturated rings. The summed E-state index contributed by atoms with van der Waals surface area (Å²) in [7, 11) is 0. The standard InChI is InChI=1S/C13H10N2O4/c16-9-1-2-11(10(7-9)13(18)19)15-12(17)8-3-5-14-6-4-8/h1-7,16H,(H,15,17)(H,18,19). The van der Waals surface area contributed by atoms with Gasteiger partial charge in [0, 0.05) is 18.0 Å². The van der Waals surface area contributed by atoms with Gasteiger partial charge in [-0.1, -0.05) is 0 Å². The van der Waals surface area contributed by atoms with Gasteiger partial charge >= 0.3 is 5.97 Å². The summed E-state index contributed by atoms with van der Waals surface area (Å²) < 4.78 is 0. The smallest absolute Gasteiger partial charge is 0.337 e. The van der Waals surface area contributed by atoms with Gasteiger partial charge in [-0.05, 0) is 30.3 Å². The highest BCUT2D eigenvalue weighted by molar-refractivity contribution is 6.07. The average Bonchev–Trinajstić information content (AvgIpc) is 2.41. The van der Waals surface area contributed by atoms with E-state index in [0.29, 0.717) is 5.56 Å². The summed E-state index contributed by atoms with van der Waals surface area (Å²) in [5.74, 6) is -1.86. The van der Waals surface area contributed by atoms with Crippen LogP contribution in [-0.2, 0) is 0 Å². The zero-order valence-corrected chi connectivity index (χ0v) is 9.70. The molecule has 1 aromatic carbocycles. The number of aromatic nitrogens is 1. The molecule has 96 valence electrons. The van der Waals surface area contributed by atoms with Crippen LogP contribution < -0.4 is 5.32 Å². The first kappa shape index (κ1) is 12.6. The van der Waals surface area contributed by atoms with E-state index in [1.165, 1.54) is 36.7 Å². The zero-order valence-electron chi connectivity index (χ0n) is 9.70. The molecule has 6 heteroatoms. The van der Waals surface area contributed by atoms with Gasteiger partial charge in [-0.25, -0.2) is 4.79 Å². The number of hydrogen-bond acceptors (Lipinski definition) is 4. The number of carboxylic acid groups (broad SMARTS) is 1. The second-order valence-corrected chi connectivity index (χ2v) is 3.73. The van der Waals surface area contributed by atoms with Crippen LogP contribution in [0, 0.1) is 0 Å². The predicted octanol–water partition coefficient (Wildman–Crippen LogP) is 1.74. The maximum atomic E-state index is 11.9. The van der Waals surface area contributed by atoms with Crippen molar-refractivity contribution in [1.82, 2.24) is 4.98 Å². The molecule has 0 saturated carbocycles. The molecule has 1 aromatic heterocycles. The Morgan fingerprint density at radius 2 is 1.79 bits per heavy atom. The number of pyridine rings is 1. The van der Waals surface area contributed by atoms with Crippen molar-refractivity contribution in [3.8, 4) is 5.75 Å². The fourth-order valence-electron chi connectivity index (χ4n) is 1.52. The van der Waals surface area contributed by atoms with Crippen LogP contribution in [-0.4, -0.2) is 27.1 Å². The highest BCUT2D eigenvalue weighted by atomic mass is 16.4. The molecule has 0 unspecified atom stereocenters. The van der Waals surface area contributed by atoms with Crippen LogP contribution in [0.2, 0.25) is 0 Å². The molecule has 0 radical (unpaired) electrons. The lowest BCUT2D eigenvalue weighted by molar-refractivity contribution is 0.0697. The largest absolute Gasteiger partial charge is 0.508 e. The van der Waals surface area contributed by atoms with Crippen molar-refractivity contribution in [3.63, 3.8) is 0 Å². The molecule has 0 saturated heterocycles. The lowest BCUT2D eigenvalue weighted by Gasteiger charge is -2.08. The number of carboxylic acids is 1. The van der Waals surface area contributed by atoms with Crippen molar-refractivity contribution in [2.75, 3.05) is 5.32 Å². The van der Waals surface area contributed by atoms with Crippen LogP contribution in [0.1, 0.15) is 20.7 Å². The maximum absolute atomic E-state index is 11.9. The Labute approximate surface area is 108 Å². The molecule has 3 N–H and O–H groups in total.